The molecule has 1 aliphatic heterocycles. The number of nitrogens with zero attached hydrogens (tertiary/aromatic N) is 1. The van der Waals surface area contributed by atoms with Crippen LogP contribution in [-0.4, -0.2) is 48.9 Å². The summed E-state index contributed by atoms with van der Waals surface area (Å²) in [6, 6.07) is 14.4. The van der Waals surface area contributed by atoms with Gasteiger partial charge in [0.1, 0.15) is 0 Å². The van der Waals surface area contributed by atoms with Gasteiger partial charge in [0.2, 0.25) is 11.8 Å². The lowest BCUT2D eigenvalue weighted by atomic mass is 9.95. The predicted octanol–water partition coefficient (Wildman–Crippen LogP) is 3.46. The summed E-state index contributed by atoms with van der Waals surface area (Å²) in [7, 11) is 0. The van der Waals surface area contributed by atoms with E-state index in [-0.39, 0.29) is 23.7 Å². The van der Waals surface area contributed by atoms with Crippen LogP contribution in [0.1, 0.15) is 35.7 Å². The van der Waals surface area contributed by atoms with Gasteiger partial charge in [0.15, 0.2) is 0 Å². The Hall–Kier alpha value is -3.19. The Morgan fingerprint density at radius 1 is 0.935 bits per heavy atom. The zero-order valence-corrected chi connectivity index (χ0v) is 18.0. The first-order chi connectivity index (χ1) is 14.9. The molecule has 2 aromatic rings. The van der Waals surface area contributed by atoms with Crippen molar-refractivity contribution in [3.63, 3.8) is 0 Å². The van der Waals surface area contributed by atoms with Crippen molar-refractivity contribution in [2.45, 2.75) is 26.7 Å². The molecule has 2 amide bonds. The van der Waals surface area contributed by atoms with Crippen LogP contribution < -0.4 is 10.6 Å². The van der Waals surface area contributed by atoms with Gasteiger partial charge < -0.3 is 15.4 Å². The monoisotopic (exact) mass is 423 g/mol. The number of carbonyl (C=O) groups excluding carboxylic acids is 3. The molecule has 1 heterocycles. The van der Waals surface area contributed by atoms with Crippen LogP contribution in [0.4, 0.5) is 11.4 Å². The molecule has 0 atom stereocenters. The summed E-state index contributed by atoms with van der Waals surface area (Å²) in [5.41, 5.74) is 3.04. The van der Waals surface area contributed by atoms with E-state index in [9.17, 15) is 14.4 Å². The van der Waals surface area contributed by atoms with E-state index in [2.05, 4.69) is 15.5 Å². The van der Waals surface area contributed by atoms with Gasteiger partial charge in [-0.2, -0.15) is 0 Å². The van der Waals surface area contributed by atoms with Gasteiger partial charge in [0.25, 0.3) is 0 Å². The highest BCUT2D eigenvalue weighted by Gasteiger charge is 2.26. The summed E-state index contributed by atoms with van der Waals surface area (Å²) in [5, 5.41) is 5.82. The standard InChI is InChI=1S/C24H29N3O4/c1-3-31-24(30)19-6-10-21(11-7-19)26-23(29)18-12-14-27(15-13-18)16-22(28)25-20-8-4-17(2)5-9-20/h4-11,18H,3,12-16H2,1-2H3,(H,25,28)(H,26,29). The molecule has 1 saturated heterocycles. The number of carbonyl (C=O) groups is 3. The minimum absolute atomic E-state index is 0.0346. The minimum atomic E-state index is -0.376. The van der Waals surface area contributed by atoms with Crippen molar-refractivity contribution in [3.8, 4) is 0 Å². The summed E-state index contributed by atoms with van der Waals surface area (Å²) in [6.07, 6.45) is 1.40. The Balaban J connectivity index is 1.42. The second kappa shape index (κ2) is 10.7. The normalized spacial score (nSPS) is 14.6. The van der Waals surface area contributed by atoms with Crippen molar-refractivity contribution in [2.75, 3.05) is 36.9 Å². The minimum Gasteiger partial charge on any atom is -0.462 e. The molecule has 0 saturated carbocycles. The number of rotatable bonds is 7. The topological polar surface area (TPSA) is 87.7 Å². The fourth-order valence-corrected chi connectivity index (χ4v) is 3.54. The van der Waals surface area contributed by atoms with E-state index in [0.29, 0.717) is 50.3 Å². The van der Waals surface area contributed by atoms with Crippen LogP contribution in [0.2, 0.25) is 0 Å². The average Bonchev–Trinajstić information content (AvgIpc) is 2.76. The number of amides is 2. The number of hydrogen-bond acceptors (Lipinski definition) is 5. The molecule has 7 nitrogen and oxygen atoms in total. The fraction of sp³-hybridized carbons (Fsp3) is 0.375. The Morgan fingerprint density at radius 3 is 2.13 bits per heavy atom. The first-order valence-corrected chi connectivity index (χ1v) is 10.6. The van der Waals surface area contributed by atoms with Gasteiger partial charge in [-0.25, -0.2) is 4.79 Å². The summed E-state index contributed by atoms with van der Waals surface area (Å²) in [5.74, 6) is -0.554. The van der Waals surface area contributed by atoms with Gasteiger partial charge in [-0.3, -0.25) is 14.5 Å². The van der Waals surface area contributed by atoms with Crippen molar-refractivity contribution in [3.05, 3.63) is 59.7 Å². The maximum atomic E-state index is 12.6. The number of hydrogen-bond donors (Lipinski definition) is 2. The van der Waals surface area contributed by atoms with Gasteiger partial charge in [0.05, 0.1) is 18.7 Å². The van der Waals surface area contributed by atoms with Crippen LogP contribution in [0.15, 0.2) is 48.5 Å². The smallest absolute Gasteiger partial charge is 0.338 e. The molecular formula is C24H29N3O4. The molecule has 31 heavy (non-hydrogen) atoms. The summed E-state index contributed by atoms with van der Waals surface area (Å²) >= 11 is 0. The van der Waals surface area contributed by atoms with Crippen molar-refractivity contribution in [1.29, 1.82) is 0 Å². The summed E-state index contributed by atoms with van der Waals surface area (Å²) < 4.78 is 4.96. The molecular weight excluding hydrogens is 394 g/mol. The number of benzene rings is 2. The van der Waals surface area contributed by atoms with E-state index in [0.717, 1.165) is 11.3 Å². The molecule has 2 aromatic carbocycles. The third-order valence-electron chi connectivity index (χ3n) is 5.32. The molecule has 0 radical (unpaired) electrons. The van der Waals surface area contributed by atoms with Crippen LogP contribution in [-0.2, 0) is 14.3 Å². The molecule has 7 heteroatoms. The lowest BCUT2D eigenvalue weighted by molar-refractivity contribution is -0.121. The summed E-state index contributed by atoms with van der Waals surface area (Å²) in [6.45, 7) is 5.79. The molecule has 0 bridgehead atoms. The predicted molar refractivity (Wildman–Crippen MR) is 120 cm³/mol. The van der Waals surface area contributed by atoms with Crippen LogP contribution in [0.5, 0.6) is 0 Å². The zero-order valence-electron chi connectivity index (χ0n) is 18.0. The number of aryl methyl sites for hydroxylation is 1. The average molecular weight is 424 g/mol. The zero-order chi connectivity index (χ0) is 22.2. The quantitative estimate of drug-likeness (QED) is 0.666. The first kappa shape index (κ1) is 22.5. The van der Waals surface area contributed by atoms with Crippen LogP contribution in [0.25, 0.3) is 0 Å². The molecule has 1 fully saturated rings. The Labute approximate surface area is 182 Å². The van der Waals surface area contributed by atoms with Crippen LogP contribution >= 0.6 is 0 Å². The highest BCUT2D eigenvalue weighted by molar-refractivity contribution is 5.94. The molecule has 0 unspecified atom stereocenters. The van der Waals surface area contributed by atoms with Gasteiger partial charge in [-0.05, 0) is 76.2 Å². The lowest BCUT2D eigenvalue weighted by Gasteiger charge is -2.30. The number of piperidine rings is 1. The Bertz CT molecular complexity index is 901. The van der Waals surface area contributed by atoms with E-state index in [4.69, 9.17) is 4.74 Å². The van der Waals surface area contributed by atoms with Crippen molar-refractivity contribution in [2.24, 2.45) is 5.92 Å². The van der Waals surface area contributed by atoms with Gasteiger partial charge >= 0.3 is 5.97 Å². The SMILES string of the molecule is CCOC(=O)c1ccc(NC(=O)C2CCN(CC(=O)Nc3ccc(C)cc3)CC2)cc1. The summed E-state index contributed by atoms with van der Waals surface area (Å²) in [4.78, 5) is 38.6. The second-order valence-corrected chi connectivity index (χ2v) is 7.75. The Kier molecular flexibility index (Phi) is 7.78. The van der Waals surface area contributed by atoms with Gasteiger partial charge in [0, 0.05) is 17.3 Å². The number of esters is 1. The van der Waals surface area contributed by atoms with E-state index in [1.807, 2.05) is 31.2 Å². The fourth-order valence-electron chi connectivity index (χ4n) is 3.54. The molecule has 164 valence electrons. The maximum absolute atomic E-state index is 12.6. The van der Waals surface area contributed by atoms with Crippen molar-refractivity contribution in [1.82, 2.24) is 4.90 Å². The third-order valence-corrected chi connectivity index (χ3v) is 5.32. The number of nitrogens with one attached hydrogen (secondary N) is 2. The maximum Gasteiger partial charge on any atom is 0.338 e. The van der Waals surface area contributed by atoms with E-state index in [1.165, 1.54) is 0 Å². The third kappa shape index (κ3) is 6.65. The number of anilines is 2. The molecule has 0 aliphatic carbocycles. The van der Waals surface area contributed by atoms with Crippen molar-refractivity contribution >= 4 is 29.2 Å². The van der Waals surface area contributed by atoms with Crippen LogP contribution in [0, 0.1) is 12.8 Å². The Morgan fingerprint density at radius 2 is 1.52 bits per heavy atom. The number of likely N-dealkylation sites (tertiary alicyclic amines) is 1. The van der Waals surface area contributed by atoms with E-state index >= 15 is 0 Å². The first-order valence-electron chi connectivity index (χ1n) is 10.6. The molecule has 3 rings (SSSR count). The molecule has 2 N–H and O–H groups in total. The van der Waals surface area contributed by atoms with E-state index < -0.39 is 0 Å². The lowest BCUT2D eigenvalue weighted by Crippen LogP contribution is -2.41. The highest BCUT2D eigenvalue weighted by Crippen LogP contribution is 2.20. The number of ether oxygens (including phenoxy) is 1. The highest BCUT2D eigenvalue weighted by atomic mass is 16.5. The van der Waals surface area contributed by atoms with E-state index in [1.54, 1.807) is 31.2 Å². The molecule has 0 aromatic heterocycles. The van der Waals surface area contributed by atoms with Gasteiger partial charge in [-0.1, -0.05) is 17.7 Å². The van der Waals surface area contributed by atoms with Crippen LogP contribution in [0.3, 0.4) is 0 Å². The second-order valence-electron chi connectivity index (χ2n) is 7.75. The van der Waals surface area contributed by atoms with Gasteiger partial charge in [-0.15, -0.1) is 0 Å². The largest absolute Gasteiger partial charge is 0.462 e. The van der Waals surface area contributed by atoms with Crippen molar-refractivity contribution < 1.29 is 19.1 Å². The molecule has 0 spiro atoms. The molecule has 1 aliphatic rings.